The van der Waals surface area contributed by atoms with E-state index in [-0.39, 0.29) is 5.92 Å². The van der Waals surface area contributed by atoms with Crippen LogP contribution in [0.2, 0.25) is 0 Å². The number of rotatable bonds is 8. The third kappa shape index (κ3) is 7.69. The molecule has 0 saturated heterocycles. The maximum absolute atomic E-state index is 12.2. The Kier molecular flexibility index (Phi) is 7.91. The molecule has 1 unspecified atom stereocenters. The van der Waals surface area contributed by atoms with Gasteiger partial charge in [-0.1, -0.05) is 43.7 Å². The van der Waals surface area contributed by atoms with Gasteiger partial charge in [0.1, 0.15) is 12.1 Å². The van der Waals surface area contributed by atoms with Crippen LogP contribution in [0.1, 0.15) is 38.3 Å². The lowest BCUT2D eigenvalue weighted by molar-refractivity contribution is -0.141. The van der Waals surface area contributed by atoms with Gasteiger partial charge in [0.05, 0.1) is 0 Å². The number of nitrogens with one attached hydrogen (secondary N) is 3. The molecule has 0 heterocycles. The fraction of sp³-hybridized carbons (Fsp3) is 0.500. The highest BCUT2D eigenvalue weighted by Crippen LogP contribution is 2.06. The van der Waals surface area contributed by atoms with Crippen LogP contribution in [0, 0.1) is 12.8 Å². The van der Waals surface area contributed by atoms with Crippen molar-refractivity contribution in [2.24, 2.45) is 5.92 Å². The van der Waals surface area contributed by atoms with Gasteiger partial charge in [0, 0.05) is 6.54 Å². The number of carbonyl (C=O) groups excluding carboxylic acids is 2. The first-order valence-corrected chi connectivity index (χ1v) is 8.32. The first-order chi connectivity index (χ1) is 11.7. The van der Waals surface area contributed by atoms with E-state index in [0.29, 0.717) is 13.0 Å². The van der Waals surface area contributed by atoms with Crippen molar-refractivity contribution in [2.75, 3.05) is 0 Å². The number of urea groups is 1. The molecule has 25 heavy (non-hydrogen) atoms. The van der Waals surface area contributed by atoms with Crippen molar-refractivity contribution in [1.82, 2.24) is 16.0 Å². The zero-order valence-electron chi connectivity index (χ0n) is 15.1. The number of aliphatic carboxylic acids is 1. The molecular formula is C18H27N3O4. The van der Waals surface area contributed by atoms with Crippen molar-refractivity contribution < 1.29 is 19.5 Å². The summed E-state index contributed by atoms with van der Waals surface area (Å²) in [4.78, 5) is 35.2. The summed E-state index contributed by atoms with van der Waals surface area (Å²) < 4.78 is 0. The Bertz CT molecular complexity index is 599. The van der Waals surface area contributed by atoms with Crippen molar-refractivity contribution in [3.8, 4) is 0 Å². The zero-order valence-corrected chi connectivity index (χ0v) is 15.1. The number of aryl methyl sites for hydroxylation is 1. The average Bonchev–Trinajstić information content (AvgIpc) is 2.53. The normalized spacial score (nSPS) is 13.0. The fourth-order valence-corrected chi connectivity index (χ4v) is 2.18. The molecule has 0 radical (unpaired) electrons. The van der Waals surface area contributed by atoms with Crippen LogP contribution in [0.5, 0.6) is 0 Å². The molecule has 2 atom stereocenters. The molecule has 7 heteroatoms. The van der Waals surface area contributed by atoms with Gasteiger partial charge >= 0.3 is 12.0 Å². The van der Waals surface area contributed by atoms with Gasteiger partial charge in [-0.2, -0.15) is 0 Å². The summed E-state index contributed by atoms with van der Waals surface area (Å²) in [6, 6.07) is 5.48. The maximum atomic E-state index is 12.2. The van der Waals surface area contributed by atoms with Crippen LogP contribution in [0.4, 0.5) is 4.79 Å². The highest BCUT2D eigenvalue weighted by molar-refractivity contribution is 5.89. The minimum absolute atomic E-state index is 0.160. The van der Waals surface area contributed by atoms with Gasteiger partial charge in [-0.15, -0.1) is 0 Å². The van der Waals surface area contributed by atoms with E-state index in [0.717, 1.165) is 11.1 Å². The Morgan fingerprint density at radius 3 is 2.16 bits per heavy atom. The third-order valence-corrected chi connectivity index (χ3v) is 3.63. The van der Waals surface area contributed by atoms with E-state index in [1.54, 1.807) is 0 Å². The summed E-state index contributed by atoms with van der Waals surface area (Å²) in [5.74, 6) is -1.47. The van der Waals surface area contributed by atoms with Gasteiger partial charge in [0.15, 0.2) is 0 Å². The molecule has 3 amide bonds. The molecule has 1 aromatic rings. The highest BCUT2D eigenvalue weighted by atomic mass is 16.4. The van der Waals surface area contributed by atoms with Crippen molar-refractivity contribution in [3.63, 3.8) is 0 Å². The Balaban J connectivity index is 2.60. The largest absolute Gasteiger partial charge is 0.480 e. The van der Waals surface area contributed by atoms with Crippen molar-refractivity contribution in [3.05, 3.63) is 35.4 Å². The number of carbonyl (C=O) groups is 3. The van der Waals surface area contributed by atoms with Crippen molar-refractivity contribution in [2.45, 2.75) is 52.7 Å². The van der Waals surface area contributed by atoms with Gasteiger partial charge in [0.25, 0.3) is 0 Å². The number of carboxylic acids is 1. The minimum atomic E-state index is -1.12. The summed E-state index contributed by atoms with van der Waals surface area (Å²) in [5, 5.41) is 16.6. The lowest BCUT2D eigenvalue weighted by atomic mass is 10.0. The lowest BCUT2D eigenvalue weighted by Gasteiger charge is -2.21. The van der Waals surface area contributed by atoms with Crippen LogP contribution in [0.15, 0.2) is 24.3 Å². The van der Waals surface area contributed by atoms with Crippen molar-refractivity contribution >= 4 is 17.9 Å². The first kappa shape index (κ1) is 20.5. The smallest absolute Gasteiger partial charge is 0.325 e. The molecule has 138 valence electrons. The van der Waals surface area contributed by atoms with E-state index in [2.05, 4.69) is 16.0 Å². The average molecular weight is 349 g/mol. The molecule has 1 aromatic carbocycles. The number of benzene rings is 1. The molecular weight excluding hydrogens is 322 g/mol. The topological polar surface area (TPSA) is 108 Å². The van der Waals surface area contributed by atoms with Gasteiger partial charge < -0.3 is 21.1 Å². The number of hydrogen-bond donors (Lipinski definition) is 4. The second-order valence-electron chi connectivity index (χ2n) is 6.56. The quantitative estimate of drug-likeness (QED) is 0.574. The summed E-state index contributed by atoms with van der Waals surface area (Å²) in [6.07, 6.45) is 0.413. The highest BCUT2D eigenvalue weighted by Gasteiger charge is 2.24. The molecule has 0 fully saturated rings. The predicted molar refractivity (Wildman–Crippen MR) is 95.0 cm³/mol. The summed E-state index contributed by atoms with van der Waals surface area (Å²) in [5.41, 5.74) is 2.08. The van der Waals surface area contributed by atoms with Crippen LogP contribution < -0.4 is 16.0 Å². The van der Waals surface area contributed by atoms with E-state index in [4.69, 9.17) is 5.11 Å². The summed E-state index contributed by atoms with van der Waals surface area (Å²) >= 11 is 0. The molecule has 1 rings (SSSR count). The van der Waals surface area contributed by atoms with Crippen LogP contribution in [0.25, 0.3) is 0 Å². The molecule has 0 saturated carbocycles. The first-order valence-electron chi connectivity index (χ1n) is 8.32. The van der Waals surface area contributed by atoms with Crippen LogP contribution >= 0.6 is 0 Å². The Morgan fingerprint density at radius 1 is 1.04 bits per heavy atom. The zero-order chi connectivity index (χ0) is 19.0. The number of hydrogen-bond acceptors (Lipinski definition) is 3. The number of amides is 3. The van der Waals surface area contributed by atoms with Gasteiger partial charge in [-0.05, 0) is 31.7 Å². The minimum Gasteiger partial charge on any atom is -0.480 e. The lowest BCUT2D eigenvalue weighted by Crippen LogP contribution is -2.53. The molecule has 0 aliphatic heterocycles. The molecule has 0 spiro atoms. The molecule has 0 aliphatic rings. The standard InChI is InChI=1S/C18H27N3O4/c1-11(2)9-15(16(22)20-13(4)17(23)24)21-18(25)19-10-14-7-5-12(3)6-8-14/h5-8,11,13,15H,9-10H2,1-4H3,(H,20,22)(H,23,24)(H2,19,21,25)/t13-,15?/m0/s1. The Labute approximate surface area is 148 Å². The Hall–Kier alpha value is -2.57. The third-order valence-electron chi connectivity index (χ3n) is 3.63. The monoisotopic (exact) mass is 349 g/mol. The second kappa shape index (κ2) is 9.66. The van der Waals surface area contributed by atoms with E-state index < -0.39 is 30.0 Å². The van der Waals surface area contributed by atoms with Crippen LogP contribution in [-0.2, 0) is 16.1 Å². The van der Waals surface area contributed by atoms with E-state index >= 15 is 0 Å². The molecule has 0 bridgehead atoms. The molecule has 0 aliphatic carbocycles. The fourth-order valence-electron chi connectivity index (χ4n) is 2.18. The van der Waals surface area contributed by atoms with E-state index in [1.807, 2.05) is 45.0 Å². The molecule has 0 aromatic heterocycles. The van der Waals surface area contributed by atoms with Gasteiger partial charge in [0.2, 0.25) is 5.91 Å². The van der Waals surface area contributed by atoms with Crippen LogP contribution in [0.3, 0.4) is 0 Å². The second-order valence-corrected chi connectivity index (χ2v) is 6.56. The summed E-state index contributed by atoms with van der Waals surface area (Å²) in [6.45, 7) is 7.55. The van der Waals surface area contributed by atoms with Crippen molar-refractivity contribution in [1.29, 1.82) is 0 Å². The van der Waals surface area contributed by atoms with E-state index in [9.17, 15) is 14.4 Å². The molecule has 7 nitrogen and oxygen atoms in total. The van der Waals surface area contributed by atoms with Gasteiger partial charge in [-0.25, -0.2) is 4.79 Å². The maximum Gasteiger partial charge on any atom is 0.325 e. The number of carboxylic acid groups (broad SMARTS) is 1. The predicted octanol–water partition coefficient (Wildman–Crippen LogP) is 1.80. The Morgan fingerprint density at radius 2 is 1.64 bits per heavy atom. The van der Waals surface area contributed by atoms with Gasteiger partial charge in [-0.3, -0.25) is 9.59 Å². The molecule has 4 N–H and O–H groups in total. The summed E-state index contributed by atoms with van der Waals surface area (Å²) in [7, 11) is 0. The van der Waals surface area contributed by atoms with Crippen LogP contribution in [-0.4, -0.2) is 35.1 Å². The van der Waals surface area contributed by atoms with E-state index in [1.165, 1.54) is 6.92 Å². The SMILES string of the molecule is Cc1ccc(CNC(=O)NC(CC(C)C)C(=O)N[C@@H](C)C(=O)O)cc1.